The first kappa shape index (κ1) is 15.8. The molecule has 1 amide bonds. The largest absolute Gasteiger partial charge is 0.380 e. The van der Waals surface area contributed by atoms with Crippen LogP contribution in [0.5, 0.6) is 0 Å². The molecule has 2 rings (SSSR count). The topological polar surface area (TPSA) is 94.2 Å². The summed E-state index contributed by atoms with van der Waals surface area (Å²) in [4.78, 5) is 26.2. The molecular formula is C15H19N5O2. The van der Waals surface area contributed by atoms with Crippen molar-refractivity contribution in [3.63, 3.8) is 0 Å². The second-order valence-corrected chi connectivity index (χ2v) is 4.97. The van der Waals surface area contributed by atoms with E-state index in [2.05, 4.69) is 15.0 Å². The summed E-state index contributed by atoms with van der Waals surface area (Å²) in [5, 5.41) is 0. The predicted molar refractivity (Wildman–Crippen MR) is 83.1 cm³/mol. The monoisotopic (exact) mass is 301 g/mol. The Morgan fingerprint density at radius 3 is 2.68 bits per heavy atom. The normalized spacial score (nSPS) is 12.0. The number of aromatic nitrogens is 3. The number of anilines is 1. The summed E-state index contributed by atoms with van der Waals surface area (Å²) in [7, 11) is 3.33. The van der Waals surface area contributed by atoms with E-state index in [1.165, 1.54) is 0 Å². The smallest absolute Gasteiger partial charge is 0.272 e. The predicted octanol–water partition coefficient (Wildman–Crippen LogP) is 1.23. The standard InChI is InChI=1S/C15H19N5O2/c1-10(22-3)9-20(2)14(21)13-6-4-5-12(19-13)11-7-17-15(16)18-8-11/h4-8,10H,9H2,1-3H3,(H2,16,17,18). The highest BCUT2D eigenvalue weighted by Crippen LogP contribution is 2.16. The first-order chi connectivity index (χ1) is 10.5. The van der Waals surface area contributed by atoms with Crippen LogP contribution >= 0.6 is 0 Å². The maximum Gasteiger partial charge on any atom is 0.272 e. The summed E-state index contributed by atoms with van der Waals surface area (Å²) >= 11 is 0. The molecule has 0 spiro atoms. The molecule has 7 heteroatoms. The zero-order valence-corrected chi connectivity index (χ0v) is 12.9. The van der Waals surface area contributed by atoms with Gasteiger partial charge in [0.25, 0.3) is 5.91 Å². The van der Waals surface area contributed by atoms with Crippen LogP contribution in [0, 0.1) is 0 Å². The molecule has 1 atom stereocenters. The molecule has 2 aromatic rings. The lowest BCUT2D eigenvalue weighted by molar-refractivity contribution is 0.0595. The molecule has 0 aliphatic carbocycles. The Labute approximate surface area is 129 Å². The molecule has 0 aromatic carbocycles. The van der Waals surface area contributed by atoms with Gasteiger partial charge in [-0.1, -0.05) is 6.07 Å². The molecule has 0 aliphatic rings. The minimum Gasteiger partial charge on any atom is -0.380 e. The van der Waals surface area contributed by atoms with Gasteiger partial charge in [0.1, 0.15) is 5.69 Å². The van der Waals surface area contributed by atoms with Gasteiger partial charge in [-0.2, -0.15) is 0 Å². The molecule has 22 heavy (non-hydrogen) atoms. The Bertz CT molecular complexity index is 645. The number of hydrogen-bond donors (Lipinski definition) is 1. The number of hydrogen-bond acceptors (Lipinski definition) is 6. The number of amides is 1. The number of nitrogen functional groups attached to an aromatic ring is 1. The molecule has 0 saturated heterocycles. The van der Waals surface area contributed by atoms with E-state index in [-0.39, 0.29) is 18.0 Å². The van der Waals surface area contributed by atoms with Gasteiger partial charge < -0.3 is 15.4 Å². The van der Waals surface area contributed by atoms with Crippen molar-refractivity contribution in [1.29, 1.82) is 0 Å². The highest BCUT2D eigenvalue weighted by molar-refractivity contribution is 5.92. The van der Waals surface area contributed by atoms with E-state index in [1.54, 1.807) is 49.7 Å². The number of likely N-dealkylation sites (N-methyl/N-ethyl adjacent to an activating group) is 1. The summed E-state index contributed by atoms with van der Waals surface area (Å²) < 4.78 is 5.17. The zero-order valence-electron chi connectivity index (χ0n) is 12.9. The molecule has 7 nitrogen and oxygen atoms in total. The summed E-state index contributed by atoms with van der Waals surface area (Å²) in [6.45, 7) is 2.39. The van der Waals surface area contributed by atoms with Crippen LogP contribution in [0.25, 0.3) is 11.3 Å². The van der Waals surface area contributed by atoms with Gasteiger partial charge >= 0.3 is 0 Å². The Hall–Kier alpha value is -2.54. The molecular weight excluding hydrogens is 282 g/mol. The average molecular weight is 301 g/mol. The second kappa shape index (κ2) is 6.95. The number of carbonyl (C=O) groups excluding carboxylic acids is 1. The lowest BCUT2D eigenvalue weighted by Crippen LogP contribution is -2.34. The average Bonchev–Trinajstić information content (AvgIpc) is 2.54. The quantitative estimate of drug-likeness (QED) is 0.892. The molecule has 2 N–H and O–H groups in total. The molecule has 0 saturated carbocycles. The van der Waals surface area contributed by atoms with Gasteiger partial charge in [0, 0.05) is 38.7 Å². The van der Waals surface area contributed by atoms with E-state index in [0.717, 1.165) is 0 Å². The van der Waals surface area contributed by atoms with E-state index in [1.807, 2.05) is 6.92 Å². The zero-order chi connectivity index (χ0) is 16.1. The summed E-state index contributed by atoms with van der Waals surface area (Å²) in [5.74, 6) is 0.0337. The lowest BCUT2D eigenvalue weighted by atomic mass is 10.2. The van der Waals surface area contributed by atoms with Crippen molar-refractivity contribution < 1.29 is 9.53 Å². The third-order valence-electron chi connectivity index (χ3n) is 3.22. The number of carbonyl (C=O) groups is 1. The van der Waals surface area contributed by atoms with Crippen LogP contribution in [0.1, 0.15) is 17.4 Å². The molecule has 2 heterocycles. The number of methoxy groups -OCH3 is 1. The van der Waals surface area contributed by atoms with Crippen LogP contribution in [0.15, 0.2) is 30.6 Å². The molecule has 0 aliphatic heterocycles. The number of ether oxygens (including phenoxy) is 1. The van der Waals surface area contributed by atoms with Crippen LogP contribution < -0.4 is 5.73 Å². The van der Waals surface area contributed by atoms with E-state index in [4.69, 9.17) is 10.5 Å². The minimum absolute atomic E-state index is 0.0392. The fourth-order valence-corrected chi connectivity index (χ4v) is 1.92. The van der Waals surface area contributed by atoms with Crippen LogP contribution in [0.3, 0.4) is 0 Å². The van der Waals surface area contributed by atoms with Gasteiger partial charge in [-0.05, 0) is 19.1 Å². The Morgan fingerprint density at radius 2 is 2.05 bits per heavy atom. The highest BCUT2D eigenvalue weighted by atomic mass is 16.5. The van der Waals surface area contributed by atoms with Crippen LogP contribution in [-0.4, -0.2) is 52.6 Å². The van der Waals surface area contributed by atoms with E-state index in [0.29, 0.717) is 23.5 Å². The lowest BCUT2D eigenvalue weighted by Gasteiger charge is -2.20. The van der Waals surface area contributed by atoms with Crippen molar-refractivity contribution in [3.8, 4) is 11.3 Å². The van der Waals surface area contributed by atoms with E-state index in [9.17, 15) is 4.79 Å². The maximum atomic E-state index is 12.4. The summed E-state index contributed by atoms with van der Waals surface area (Å²) in [5.41, 5.74) is 7.16. The molecule has 2 aromatic heterocycles. The molecule has 1 unspecified atom stereocenters. The Kier molecular flexibility index (Phi) is 5.00. The molecule has 0 bridgehead atoms. The van der Waals surface area contributed by atoms with Crippen LogP contribution in [0.4, 0.5) is 5.95 Å². The molecule has 0 radical (unpaired) electrons. The first-order valence-corrected chi connectivity index (χ1v) is 6.84. The van der Waals surface area contributed by atoms with Gasteiger partial charge in [-0.25, -0.2) is 15.0 Å². The summed E-state index contributed by atoms with van der Waals surface area (Å²) in [6, 6.07) is 5.25. The summed E-state index contributed by atoms with van der Waals surface area (Å²) in [6.07, 6.45) is 3.12. The number of rotatable bonds is 5. The van der Waals surface area contributed by atoms with Crippen molar-refractivity contribution in [2.45, 2.75) is 13.0 Å². The van der Waals surface area contributed by atoms with Crippen molar-refractivity contribution in [2.24, 2.45) is 0 Å². The maximum absolute atomic E-state index is 12.4. The number of pyridine rings is 1. The Balaban J connectivity index is 2.20. The second-order valence-electron chi connectivity index (χ2n) is 4.97. The number of nitrogens with zero attached hydrogens (tertiary/aromatic N) is 4. The fraction of sp³-hybridized carbons (Fsp3) is 0.333. The molecule has 116 valence electrons. The van der Waals surface area contributed by atoms with Gasteiger partial charge in [-0.3, -0.25) is 4.79 Å². The van der Waals surface area contributed by atoms with Crippen LogP contribution in [0.2, 0.25) is 0 Å². The van der Waals surface area contributed by atoms with E-state index < -0.39 is 0 Å². The van der Waals surface area contributed by atoms with Crippen molar-refractivity contribution in [3.05, 3.63) is 36.3 Å². The third-order valence-corrected chi connectivity index (χ3v) is 3.22. The highest BCUT2D eigenvalue weighted by Gasteiger charge is 2.16. The van der Waals surface area contributed by atoms with Gasteiger partial charge in [0.2, 0.25) is 5.95 Å². The van der Waals surface area contributed by atoms with Crippen LogP contribution in [-0.2, 0) is 4.74 Å². The van der Waals surface area contributed by atoms with Crippen molar-refractivity contribution >= 4 is 11.9 Å². The van der Waals surface area contributed by atoms with E-state index >= 15 is 0 Å². The minimum atomic E-state index is -0.165. The van der Waals surface area contributed by atoms with Gasteiger partial charge in [0.05, 0.1) is 11.8 Å². The van der Waals surface area contributed by atoms with Crippen molar-refractivity contribution in [2.75, 3.05) is 26.4 Å². The number of nitrogens with two attached hydrogens (primary N) is 1. The SMILES string of the molecule is COC(C)CN(C)C(=O)c1cccc(-c2cnc(N)nc2)n1. The van der Waals surface area contributed by atoms with Gasteiger partial charge in [0.15, 0.2) is 0 Å². The van der Waals surface area contributed by atoms with Crippen molar-refractivity contribution in [1.82, 2.24) is 19.9 Å². The molecule has 0 fully saturated rings. The third kappa shape index (κ3) is 3.76. The van der Waals surface area contributed by atoms with Gasteiger partial charge in [-0.15, -0.1) is 0 Å². The first-order valence-electron chi connectivity index (χ1n) is 6.84. The fourth-order valence-electron chi connectivity index (χ4n) is 1.92. The Morgan fingerprint density at radius 1 is 1.36 bits per heavy atom.